The fourth-order valence-corrected chi connectivity index (χ4v) is 2.84. The number of nitrogens with two attached hydrogens (primary N) is 1. The van der Waals surface area contributed by atoms with Crippen LogP contribution in [0.25, 0.3) is 0 Å². The zero-order valence-corrected chi connectivity index (χ0v) is 11.3. The van der Waals surface area contributed by atoms with E-state index in [1.165, 1.54) is 23.9 Å². The summed E-state index contributed by atoms with van der Waals surface area (Å²) in [6, 6.07) is 12.5. The van der Waals surface area contributed by atoms with Gasteiger partial charge in [0.15, 0.2) is 0 Å². The van der Waals surface area contributed by atoms with Crippen LogP contribution in [0.1, 0.15) is 5.56 Å². The summed E-state index contributed by atoms with van der Waals surface area (Å²) in [5, 5.41) is 0.673. The smallest absolute Gasteiger partial charge is 0.124 e. The average molecular weight is 282 g/mol. The van der Waals surface area contributed by atoms with Crippen molar-refractivity contribution in [2.24, 2.45) is 5.73 Å². The highest BCUT2D eigenvalue weighted by Crippen LogP contribution is 2.33. The zero-order chi connectivity index (χ0) is 13.0. The average Bonchev–Trinajstić information content (AvgIpc) is 2.32. The van der Waals surface area contributed by atoms with Crippen LogP contribution in [0.2, 0.25) is 5.02 Å². The summed E-state index contributed by atoms with van der Waals surface area (Å²) in [4.78, 5) is 1.76. The molecule has 4 heteroatoms. The third-order valence-corrected chi connectivity index (χ3v) is 3.92. The Kier molecular flexibility index (Phi) is 4.64. The van der Waals surface area contributed by atoms with Crippen molar-refractivity contribution in [1.82, 2.24) is 0 Å². The van der Waals surface area contributed by atoms with Crippen LogP contribution in [0.4, 0.5) is 4.39 Å². The third kappa shape index (κ3) is 3.48. The highest BCUT2D eigenvalue weighted by atomic mass is 35.5. The van der Waals surface area contributed by atoms with E-state index in [9.17, 15) is 4.39 Å². The maximum absolute atomic E-state index is 13.5. The summed E-state index contributed by atoms with van der Waals surface area (Å²) in [6.45, 7) is 0.514. The Morgan fingerprint density at radius 2 is 1.94 bits per heavy atom. The lowest BCUT2D eigenvalue weighted by Gasteiger charge is -2.06. The Labute approximate surface area is 115 Å². The van der Waals surface area contributed by atoms with E-state index < -0.39 is 0 Å². The van der Waals surface area contributed by atoms with Crippen LogP contribution in [-0.2, 0) is 6.42 Å². The first-order chi connectivity index (χ1) is 8.69. The van der Waals surface area contributed by atoms with Crippen molar-refractivity contribution >= 4 is 23.4 Å². The number of hydrogen-bond donors (Lipinski definition) is 1. The molecule has 0 aliphatic rings. The molecule has 94 valence electrons. The Balaban J connectivity index is 2.26. The standard InChI is InChI=1S/C14H13ClFNS/c15-13-3-1-2-4-14(13)18-12-8-10(5-6-17)7-11(16)9-12/h1-4,7-9H,5-6,17H2. The van der Waals surface area contributed by atoms with Crippen LogP contribution < -0.4 is 5.73 Å². The first-order valence-electron chi connectivity index (χ1n) is 5.61. The summed E-state index contributed by atoms with van der Waals surface area (Å²) >= 11 is 7.54. The number of benzene rings is 2. The van der Waals surface area contributed by atoms with Gasteiger partial charge in [0.1, 0.15) is 5.82 Å². The summed E-state index contributed by atoms with van der Waals surface area (Å²) < 4.78 is 13.5. The van der Waals surface area contributed by atoms with Gasteiger partial charge >= 0.3 is 0 Å². The van der Waals surface area contributed by atoms with E-state index in [0.717, 1.165) is 15.4 Å². The number of hydrogen-bond acceptors (Lipinski definition) is 2. The van der Waals surface area contributed by atoms with Crippen molar-refractivity contribution in [1.29, 1.82) is 0 Å². The predicted molar refractivity (Wildman–Crippen MR) is 74.7 cm³/mol. The molecule has 0 radical (unpaired) electrons. The lowest BCUT2D eigenvalue weighted by Crippen LogP contribution is -2.03. The Morgan fingerprint density at radius 1 is 1.17 bits per heavy atom. The molecule has 0 aliphatic carbocycles. The minimum absolute atomic E-state index is 0.240. The van der Waals surface area contributed by atoms with Crippen LogP contribution in [0.3, 0.4) is 0 Å². The molecule has 2 N–H and O–H groups in total. The molecule has 1 nitrogen and oxygen atoms in total. The fourth-order valence-electron chi connectivity index (χ4n) is 1.65. The van der Waals surface area contributed by atoms with Crippen molar-refractivity contribution in [2.45, 2.75) is 16.2 Å². The first-order valence-corrected chi connectivity index (χ1v) is 6.80. The van der Waals surface area contributed by atoms with Gasteiger partial charge in [-0.3, -0.25) is 0 Å². The van der Waals surface area contributed by atoms with Gasteiger partial charge in [-0.2, -0.15) is 0 Å². The van der Waals surface area contributed by atoms with E-state index in [-0.39, 0.29) is 5.82 Å². The van der Waals surface area contributed by atoms with E-state index in [2.05, 4.69) is 0 Å². The normalized spacial score (nSPS) is 10.6. The van der Waals surface area contributed by atoms with Gasteiger partial charge in [-0.15, -0.1) is 0 Å². The van der Waals surface area contributed by atoms with Crippen LogP contribution in [0, 0.1) is 5.82 Å². The van der Waals surface area contributed by atoms with E-state index in [4.69, 9.17) is 17.3 Å². The second-order valence-corrected chi connectivity index (χ2v) is 5.39. The highest BCUT2D eigenvalue weighted by molar-refractivity contribution is 7.99. The molecule has 0 aromatic heterocycles. The number of rotatable bonds is 4. The van der Waals surface area contributed by atoms with Gasteiger partial charge in [-0.05, 0) is 48.9 Å². The van der Waals surface area contributed by atoms with Crippen molar-refractivity contribution in [3.8, 4) is 0 Å². The number of halogens is 2. The minimum atomic E-state index is -0.240. The summed E-state index contributed by atoms with van der Waals surface area (Å²) in [7, 11) is 0. The van der Waals surface area contributed by atoms with Gasteiger partial charge in [0.2, 0.25) is 0 Å². The molecule has 0 saturated heterocycles. The molecule has 0 spiro atoms. The molecule has 2 rings (SSSR count). The molecule has 0 fully saturated rings. The van der Waals surface area contributed by atoms with Crippen LogP contribution in [0.5, 0.6) is 0 Å². The Morgan fingerprint density at radius 3 is 2.67 bits per heavy atom. The molecule has 0 aliphatic heterocycles. The van der Waals surface area contributed by atoms with Crippen molar-refractivity contribution < 1.29 is 4.39 Å². The molecular formula is C14H13ClFNS. The summed E-state index contributed by atoms with van der Waals surface area (Å²) in [5.41, 5.74) is 6.40. The summed E-state index contributed by atoms with van der Waals surface area (Å²) in [6.07, 6.45) is 0.674. The summed E-state index contributed by atoms with van der Waals surface area (Å²) in [5.74, 6) is -0.240. The van der Waals surface area contributed by atoms with E-state index in [1.807, 2.05) is 30.3 Å². The van der Waals surface area contributed by atoms with Gasteiger partial charge in [0.05, 0.1) is 5.02 Å². The van der Waals surface area contributed by atoms with E-state index in [0.29, 0.717) is 18.0 Å². The lowest BCUT2D eigenvalue weighted by atomic mass is 10.1. The molecular weight excluding hydrogens is 269 g/mol. The second kappa shape index (κ2) is 6.23. The van der Waals surface area contributed by atoms with Crippen molar-refractivity contribution in [3.05, 3.63) is 58.9 Å². The van der Waals surface area contributed by atoms with Gasteiger partial charge < -0.3 is 5.73 Å². The van der Waals surface area contributed by atoms with Gasteiger partial charge in [-0.1, -0.05) is 35.5 Å². The third-order valence-electron chi connectivity index (χ3n) is 2.43. The molecule has 0 amide bonds. The van der Waals surface area contributed by atoms with Gasteiger partial charge in [-0.25, -0.2) is 4.39 Å². The fraction of sp³-hybridized carbons (Fsp3) is 0.143. The molecule has 0 heterocycles. The minimum Gasteiger partial charge on any atom is -0.330 e. The van der Waals surface area contributed by atoms with Crippen LogP contribution in [-0.4, -0.2) is 6.54 Å². The maximum atomic E-state index is 13.5. The van der Waals surface area contributed by atoms with Gasteiger partial charge in [0, 0.05) is 9.79 Å². The molecule has 0 atom stereocenters. The molecule has 18 heavy (non-hydrogen) atoms. The molecule has 0 unspecified atom stereocenters. The van der Waals surface area contributed by atoms with E-state index >= 15 is 0 Å². The van der Waals surface area contributed by atoms with Crippen molar-refractivity contribution in [3.63, 3.8) is 0 Å². The molecule has 0 bridgehead atoms. The predicted octanol–water partition coefficient (Wildman–Crippen LogP) is 4.13. The molecule has 0 saturated carbocycles. The second-order valence-electron chi connectivity index (χ2n) is 3.87. The Hall–Kier alpha value is -1.03. The topological polar surface area (TPSA) is 26.0 Å². The van der Waals surface area contributed by atoms with Crippen molar-refractivity contribution in [2.75, 3.05) is 6.54 Å². The molecule has 2 aromatic rings. The largest absolute Gasteiger partial charge is 0.330 e. The first kappa shape index (κ1) is 13.4. The Bertz CT molecular complexity index is 545. The quantitative estimate of drug-likeness (QED) is 0.912. The monoisotopic (exact) mass is 281 g/mol. The van der Waals surface area contributed by atoms with Crippen LogP contribution in [0.15, 0.2) is 52.3 Å². The van der Waals surface area contributed by atoms with Crippen LogP contribution >= 0.6 is 23.4 Å². The molecule has 2 aromatic carbocycles. The highest BCUT2D eigenvalue weighted by Gasteiger charge is 2.05. The lowest BCUT2D eigenvalue weighted by molar-refractivity contribution is 0.621. The SMILES string of the molecule is NCCc1cc(F)cc(Sc2ccccc2Cl)c1. The van der Waals surface area contributed by atoms with Gasteiger partial charge in [0.25, 0.3) is 0 Å². The van der Waals surface area contributed by atoms with E-state index in [1.54, 1.807) is 0 Å². The zero-order valence-electron chi connectivity index (χ0n) is 9.70. The maximum Gasteiger partial charge on any atom is 0.124 e.